The van der Waals surface area contributed by atoms with Gasteiger partial charge in [0.05, 0.1) is 25.4 Å². The van der Waals surface area contributed by atoms with Gasteiger partial charge in [0, 0.05) is 19.1 Å². The Labute approximate surface area is 197 Å². The molecule has 0 amide bonds. The molecule has 1 aromatic carbocycles. The van der Waals surface area contributed by atoms with E-state index < -0.39 is 10.0 Å². The Kier molecular flexibility index (Phi) is 6.96. The second kappa shape index (κ2) is 9.74. The van der Waals surface area contributed by atoms with Gasteiger partial charge in [-0.15, -0.1) is 0 Å². The van der Waals surface area contributed by atoms with Crippen molar-refractivity contribution in [2.75, 3.05) is 32.8 Å². The van der Waals surface area contributed by atoms with Crippen molar-refractivity contribution in [2.24, 2.45) is 0 Å². The topological polar surface area (TPSA) is 125 Å². The Hall–Kier alpha value is -2.57. The summed E-state index contributed by atoms with van der Waals surface area (Å²) in [6.07, 6.45) is 6.08. The number of hydrogen-bond donors (Lipinski definition) is 1. The quantitative estimate of drug-likeness (QED) is 0.505. The van der Waals surface area contributed by atoms with Gasteiger partial charge in [0.1, 0.15) is 17.8 Å². The molecular weight excluding hydrogens is 464 g/mol. The van der Waals surface area contributed by atoms with Gasteiger partial charge in [0.2, 0.25) is 10.0 Å². The van der Waals surface area contributed by atoms with Crippen LogP contribution in [-0.2, 0) is 16.6 Å². The van der Waals surface area contributed by atoms with Crippen molar-refractivity contribution in [3.05, 3.63) is 24.5 Å². The zero-order valence-corrected chi connectivity index (χ0v) is 20.5. The van der Waals surface area contributed by atoms with Crippen LogP contribution >= 0.6 is 11.8 Å². The molecule has 0 radical (unpaired) electrons. The molecule has 4 rings (SSSR count). The maximum atomic E-state index is 12.3. The van der Waals surface area contributed by atoms with Crippen LogP contribution in [0.1, 0.15) is 25.7 Å². The molecule has 1 aliphatic rings. The molecule has 0 bridgehead atoms. The normalized spacial score (nSPS) is 17.4. The molecule has 1 saturated heterocycles. The minimum atomic E-state index is -3.26. The number of rotatable bonds is 8. The second-order valence-corrected chi connectivity index (χ2v) is 10.9. The zero-order valence-electron chi connectivity index (χ0n) is 18.9. The van der Waals surface area contributed by atoms with E-state index >= 15 is 0 Å². The molecule has 1 fully saturated rings. The van der Waals surface area contributed by atoms with Crippen molar-refractivity contribution in [1.29, 1.82) is 0 Å². The number of nitrogen functional groups attached to an aromatic ring is 1. The number of imidazole rings is 1. The summed E-state index contributed by atoms with van der Waals surface area (Å²) in [5.74, 6) is 1.69. The Morgan fingerprint density at radius 2 is 2.03 bits per heavy atom. The van der Waals surface area contributed by atoms with Crippen LogP contribution in [0.4, 0.5) is 5.82 Å². The summed E-state index contributed by atoms with van der Waals surface area (Å²) in [6.45, 7) is 1.10. The highest BCUT2D eigenvalue weighted by Crippen LogP contribution is 2.38. The molecule has 3 aromatic rings. The van der Waals surface area contributed by atoms with E-state index in [-0.39, 0.29) is 6.04 Å². The number of methoxy groups -OCH3 is 2. The lowest BCUT2D eigenvalue weighted by Gasteiger charge is -2.33. The van der Waals surface area contributed by atoms with E-state index in [9.17, 15) is 8.42 Å². The highest BCUT2D eigenvalue weighted by molar-refractivity contribution is 7.99. The molecule has 178 valence electrons. The van der Waals surface area contributed by atoms with Crippen LogP contribution in [0.2, 0.25) is 0 Å². The molecule has 1 atom stereocenters. The van der Waals surface area contributed by atoms with Gasteiger partial charge < -0.3 is 19.8 Å². The summed E-state index contributed by atoms with van der Waals surface area (Å²) >= 11 is 1.41. The third-order valence-electron chi connectivity index (χ3n) is 5.78. The molecule has 2 aromatic heterocycles. The maximum Gasteiger partial charge on any atom is 0.211 e. The number of fused-ring (bicyclic) bond motifs is 1. The lowest BCUT2D eigenvalue weighted by molar-refractivity contribution is 0.234. The van der Waals surface area contributed by atoms with Crippen LogP contribution in [0.5, 0.6) is 11.5 Å². The zero-order chi connectivity index (χ0) is 23.6. The van der Waals surface area contributed by atoms with E-state index in [0.717, 1.165) is 24.2 Å². The summed E-state index contributed by atoms with van der Waals surface area (Å²) in [5.41, 5.74) is 7.22. The first-order chi connectivity index (χ1) is 15.8. The molecular formula is C21H28N6O4S2. The van der Waals surface area contributed by atoms with Crippen LogP contribution in [0.15, 0.2) is 34.6 Å². The van der Waals surface area contributed by atoms with Gasteiger partial charge in [0.15, 0.2) is 22.1 Å². The SMILES string of the molecule is COc1ccc(OC)c(Sc2nc3c(N)ncnc3n2CCC2CCCCN2S(C)(=O)=O)c1. The average Bonchev–Trinajstić information content (AvgIpc) is 3.15. The number of piperidine rings is 1. The van der Waals surface area contributed by atoms with E-state index in [1.165, 1.54) is 24.3 Å². The summed E-state index contributed by atoms with van der Waals surface area (Å²) in [7, 11) is -0.0406. The Bertz CT molecular complexity index is 1250. The summed E-state index contributed by atoms with van der Waals surface area (Å²) in [5, 5.41) is 0.672. The van der Waals surface area contributed by atoms with Crippen LogP contribution in [0.25, 0.3) is 11.2 Å². The molecule has 2 N–H and O–H groups in total. The number of benzene rings is 1. The monoisotopic (exact) mass is 492 g/mol. The predicted molar refractivity (Wildman–Crippen MR) is 127 cm³/mol. The van der Waals surface area contributed by atoms with Crippen LogP contribution < -0.4 is 15.2 Å². The molecule has 0 spiro atoms. The Balaban J connectivity index is 1.69. The molecule has 0 aliphatic carbocycles. The molecule has 10 nitrogen and oxygen atoms in total. The van der Waals surface area contributed by atoms with E-state index in [1.54, 1.807) is 18.5 Å². The number of anilines is 1. The lowest BCUT2D eigenvalue weighted by Crippen LogP contribution is -2.43. The third kappa shape index (κ3) is 5.02. The highest BCUT2D eigenvalue weighted by Gasteiger charge is 2.29. The van der Waals surface area contributed by atoms with Gasteiger partial charge in [0.25, 0.3) is 0 Å². The van der Waals surface area contributed by atoms with Crippen LogP contribution in [0.3, 0.4) is 0 Å². The van der Waals surface area contributed by atoms with E-state index in [4.69, 9.17) is 20.2 Å². The van der Waals surface area contributed by atoms with E-state index in [2.05, 4.69) is 9.97 Å². The molecule has 33 heavy (non-hydrogen) atoms. The van der Waals surface area contributed by atoms with Crippen LogP contribution in [0, 0.1) is 0 Å². The second-order valence-electron chi connectivity index (χ2n) is 7.91. The summed E-state index contributed by atoms with van der Waals surface area (Å²) in [6, 6.07) is 5.50. The number of nitrogens with two attached hydrogens (primary N) is 1. The number of nitrogens with zero attached hydrogens (tertiary/aromatic N) is 5. The number of aromatic nitrogens is 4. The first kappa shape index (κ1) is 23.6. The largest absolute Gasteiger partial charge is 0.497 e. The molecule has 1 aliphatic heterocycles. The fraction of sp³-hybridized carbons (Fsp3) is 0.476. The Morgan fingerprint density at radius 1 is 1.21 bits per heavy atom. The smallest absolute Gasteiger partial charge is 0.211 e. The fourth-order valence-corrected chi connectivity index (χ4v) is 6.41. The molecule has 12 heteroatoms. The minimum absolute atomic E-state index is 0.0606. The highest BCUT2D eigenvalue weighted by atomic mass is 32.2. The number of ether oxygens (including phenoxy) is 2. The fourth-order valence-electron chi connectivity index (χ4n) is 4.15. The van der Waals surface area contributed by atoms with E-state index in [0.29, 0.717) is 53.1 Å². The first-order valence-electron chi connectivity index (χ1n) is 10.6. The standard InChI is InChI=1S/C21H28N6O4S2/c1-30-15-7-8-16(31-2)17(12-15)32-21-25-18-19(22)23-13-24-20(18)26(21)11-9-14-6-4-5-10-27(14)33(3,28)29/h7-8,12-14H,4-6,9-11H2,1-3H3,(H2,22,23,24). The predicted octanol–water partition coefficient (Wildman–Crippen LogP) is 2.78. The minimum Gasteiger partial charge on any atom is -0.497 e. The molecule has 0 saturated carbocycles. The number of aryl methyl sites for hydroxylation is 1. The van der Waals surface area contributed by atoms with E-state index in [1.807, 2.05) is 22.8 Å². The van der Waals surface area contributed by atoms with Gasteiger partial charge in [-0.25, -0.2) is 23.4 Å². The van der Waals surface area contributed by atoms with Gasteiger partial charge >= 0.3 is 0 Å². The van der Waals surface area contributed by atoms with Crippen molar-refractivity contribution in [3.8, 4) is 11.5 Å². The molecule has 3 heterocycles. The first-order valence-corrected chi connectivity index (χ1v) is 13.3. The third-order valence-corrected chi connectivity index (χ3v) is 8.15. The van der Waals surface area contributed by atoms with Crippen LogP contribution in [-0.4, -0.2) is 65.3 Å². The maximum absolute atomic E-state index is 12.3. The number of hydrogen-bond acceptors (Lipinski definition) is 9. The van der Waals surface area contributed by atoms with Crippen molar-refractivity contribution in [1.82, 2.24) is 23.8 Å². The van der Waals surface area contributed by atoms with Crippen molar-refractivity contribution >= 4 is 38.8 Å². The van der Waals surface area contributed by atoms with Crippen molar-refractivity contribution < 1.29 is 17.9 Å². The van der Waals surface area contributed by atoms with Gasteiger partial charge in [-0.1, -0.05) is 6.42 Å². The average molecular weight is 493 g/mol. The van der Waals surface area contributed by atoms with Crippen molar-refractivity contribution in [3.63, 3.8) is 0 Å². The Morgan fingerprint density at radius 3 is 2.76 bits per heavy atom. The van der Waals surface area contributed by atoms with Gasteiger partial charge in [-0.05, 0) is 49.2 Å². The van der Waals surface area contributed by atoms with Gasteiger partial charge in [-0.2, -0.15) is 4.31 Å². The van der Waals surface area contributed by atoms with Gasteiger partial charge in [-0.3, -0.25) is 0 Å². The molecule has 1 unspecified atom stereocenters. The van der Waals surface area contributed by atoms with Crippen molar-refractivity contribution in [2.45, 2.75) is 48.3 Å². The summed E-state index contributed by atoms with van der Waals surface area (Å²) in [4.78, 5) is 14.0. The lowest BCUT2D eigenvalue weighted by atomic mass is 10.0. The number of sulfonamides is 1. The summed E-state index contributed by atoms with van der Waals surface area (Å²) < 4.78 is 39.1.